The molecule has 0 saturated heterocycles. The Balaban J connectivity index is 2.13. The Bertz CT molecular complexity index is 164. The molecule has 76 valence electrons. The average molecular weight is 204 g/mol. The van der Waals surface area contributed by atoms with Crippen LogP contribution >= 0.6 is 11.6 Å². The third-order valence-corrected chi connectivity index (χ3v) is 2.85. The summed E-state index contributed by atoms with van der Waals surface area (Å²) in [6, 6.07) is 0. The first kappa shape index (κ1) is 10.8. The SMILES string of the molecule is C[C@@H](Cl)C(=O)NCC1CCCCC1. The standard InChI is InChI=1S/C10H18ClNO/c1-8(11)10(13)12-7-9-5-3-2-4-6-9/h8-9H,2-7H2,1H3,(H,12,13)/t8-/m1/s1. The van der Waals surface area contributed by atoms with Crippen LogP contribution in [0.25, 0.3) is 0 Å². The van der Waals surface area contributed by atoms with Crippen LogP contribution in [0.15, 0.2) is 0 Å². The second-order valence-electron chi connectivity index (χ2n) is 3.87. The molecule has 0 spiro atoms. The molecule has 1 aliphatic carbocycles. The van der Waals surface area contributed by atoms with Gasteiger partial charge in [-0.2, -0.15) is 0 Å². The summed E-state index contributed by atoms with van der Waals surface area (Å²) in [6.45, 7) is 2.52. The van der Waals surface area contributed by atoms with E-state index in [0.29, 0.717) is 5.92 Å². The lowest BCUT2D eigenvalue weighted by Gasteiger charge is -2.21. The van der Waals surface area contributed by atoms with E-state index < -0.39 is 5.38 Å². The third kappa shape index (κ3) is 3.99. The molecule has 0 aliphatic heterocycles. The van der Waals surface area contributed by atoms with E-state index in [1.165, 1.54) is 32.1 Å². The maximum atomic E-state index is 11.1. The van der Waals surface area contributed by atoms with Crippen molar-refractivity contribution in [2.24, 2.45) is 5.92 Å². The molecular formula is C10H18ClNO. The van der Waals surface area contributed by atoms with Crippen molar-refractivity contribution in [3.8, 4) is 0 Å². The van der Waals surface area contributed by atoms with Gasteiger partial charge in [-0.25, -0.2) is 0 Å². The molecule has 13 heavy (non-hydrogen) atoms. The van der Waals surface area contributed by atoms with E-state index >= 15 is 0 Å². The Hall–Kier alpha value is -0.240. The van der Waals surface area contributed by atoms with Crippen LogP contribution in [-0.4, -0.2) is 17.8 Å². The number of nitrogens with one attached hydrogen (secondary N) is 1. The van der Waals surface area contributed by atoms with Crippen LogP contribution in [0.2, 0.25) is 0 Å². The van der Waals surface area contributed by atoms with Crippen molar-refractivity contribution in [2.75, 3.05) is 6.54 Å². The molecule has 0 aromatic heterocycles. The minimum Gasteiger partial charge on any atom is -0.355 e. The van der Waals surface area contributed by atoms with Crippen molar-refractivity contribution in [1.82, 2.24) is 5.32 Å². The zero-order valence-corrected chi connectivity index (χ0v) is 8.94. The molecule has 0 aromatic rings. The largest absolute Gasteiger partial charge is 0.355 e. The number of hydrogen-bond acceptors (Lipinski definition) is 1. The highest BCUT2D eigenvalue weighted by Gasteiger charge is 2.15. The van der Waals surface area contributed by atoms with Gasteiger partial charge in [0, 0.05) is 6.54 Å². The second-order valence-corrected chi connectivity index (χ2v) is 4.52. The molecule has 3 heteroatoms. The Labute approximate surface area is 85.0 Å². The Morgan fingerprint density at radius 1 is 1.46 bits per heavy atom. The summed E-state index contributed by atoms with van der Waals surface area (Å²) in [5.74, 6) is 0.653. The predicted molar refractivity (Wildman–Crippen MR) is 54.9 cm³/mol. The highest BCUT2D eigenvalue weighted by atomic mass is 35.5. The molecule has 0 heterocycles. The topological polar surface area (TPSA) is 29.1 Å². The average Bonchev–Trinajstić information content (AvgIpc) is 2.15. The minimum absolute atomic E-state index is 0.0350. The quantitative estimate of drug-likeness (QED) is 0.701. The van der Waals surface area contributed by atoms with Crippen LogP contribution in [0.1, 0.15) is 39.0 Å². The Morgan fingerprint density at radius 2 is 2.08 bits per heavy atom. The lowest BCUT2D eigenvalue weighted by Crippen LogP contribution is -2.34. The molecule has 1 atom stereocenters. The van der Waals surface area contributed by atoms with Crippen LogP contribution in [0.4, 0.5) is 0 Å². The zero-order chi connectivity index (χ0) is 9.68. The van der Waals surface area contributed by atoms with Gasteiger partial charge in [-0.3, -0.25) is 4.79 Å². The first-order valence-corrected chi connectivity index (χ1v) is 5.55. The van der Waals surface area contributed by atoms with Crippen LogP contribution in [0.5, 0.6) is 0 Å². The lowest BCUT2D eigenvalue weighted by atomic mass is 9.89. The minimum atomic E-state index is -0.399. The van der Waals surface area contributed by atoms with Crippen molar-refractivity contribution < 1.29 is 4.79 Å². The summed E-state index contributed by atoms with van der Waals surface area (Å²) in [5, 5.41) is 2.48. The molecule has 0 bridgehead atoms. The molecule has 0 aromatic carbocycles. The van der Waals surface area contributed by atoms with Gasteiger partial charge in [-0.1, -0.05) is 19.3 Å². The van der Waals surface area contributed by atoms with Crippen molar-refractivity contribution >= 4 is 17.5 Å². The number of carbonyl (C=O) groups is 1. The number of hydrogen-bond donors (Lipinski definition) is 1. The van der Waals surface area contributed by atoms with Crippen LogP contribution in [-0.2, 0) is 4.79 Å². The van der Waals surface area contributed by atoms with Crippen LogP contribution in [0.3, 0.4) is 0 Å². The predicted octanol–water partition coefficient (Wildman–Crippen LogP) is 2.31. The van der Waals surface area contributed by atoms with Crippen molar-refractivity contribution in [3.63, 3.8) is 0 Å². The summed E-state index contributed by atoms with van der Waals surface area (Å²) in [6.07, 6.45) is 6.51. The maximum Gasteiger partial charge on any atom is 0.237 e. The van der Waals surface area contributed by atoms with E-state index in [2.05, 4.69) is 5.32 Å². The first-order chi connectivity index (χ1) is 6.20. The van der Waals surface area contributed by atoms with Gasteiger partial charge in [0.2, 0.25) is 5.91 Å². The molecule has 1 aliphatic rings. The van der Waals surface area contributed by atoms with Crippen LogP contribution < -0.4 is 5.32 Å². The molecule has 0 radical (unpaired) electrons. The molecule has 0 unspecified atom stereocenters. The van der Waals surface area contributed by atoms with Crippen LogP contribution in [0, 0.1) is 5.92 Å². The molecule has 1 amide bonds. The van der Waals surface area contributed by atoms with E-state index in [1.807, 2.05) is 0 Å². The van der Waals surface area contributed by atoms with E-state index in [0.717, 1.165) is 6.54 Å². The number of halogens is 1. The monoisotopic (exact) mass is 203 g/mol. The second kappa shape index (κ2) is 5.48. The molecule has 1 fully saturated rings. The molecule has 2 nitrogen and oxygen atoms in total. The molecule has 1 saturated carbocycles. The highest BCUT2D eigenvalue weighted by Crippen LogP contribution is 2.22. The normalized spacial score (nSPS) is 21.1. The van der Waals surface area contributed by atoms with Gasteiger partial charge in [0.05, 0.1) is 0 Å². The van der Waals surface area contributed by atoms with Crippen molar-refractivity contribution in [3.05, 3.63) is 0 Å². The van der Waals surface area contributed by atoms with Gasteiger partial charge in [0.25, 0.3) is 0 Å². The van der Waals surface area contributed by atoms with Crippen molar-refractivity contribution in [1.29, 1.82) is 0 Å². The fraction of sp³-hybridized carbons (Fsp3) is 0.900. The van der Waals surface area contributed by atoms with Crippen molar-refractivity contribution in [2.45, 2.75) is 44.4 Å². The number of amides is 1. The maximum absolute atomic E-state index is 11.1. The van der Waals surface area contributed by atoms with E-state index in [4.69, 9.17) is 11.6 Å². The van der Waals surface area contributed by atoms with Gasteiger partial charge in [-0.15, -0.1) is 11.6 Å². The fourth-order valence-corrected chi connectivity index (χ4v) is 1.85. The Morgan fingerprint density at radius 3 is 2.62 bits per heavy atom. The van der Waals surface area contributed by atoms with Gasteiger partial charge in [-0.05, 0) is 25.7 Å². The number of alkyl halides is 1. The van der Waals surface area contributed by atoms with Gasteiger partial charge >= 0.3 is 0 Å². The van der Waals surface area contributed by atoms with Gasteiger partial charge in [0.15, 0.2) is 0 Å². The van der Waals surface area contributed by atoms with E-state index in [-0.39, 0.29) is 5.91 Å². The number of rotatable bonds is 3. The summed E-state index contributed by atoms with van der Waals surface area (Å²) >= 11 is 5.63. The van der Waals surface area contributed by atoms with E-state index in [1.54, 1.807) is 6.92 Å². The summed E-state index contributed by atoms with van der Waals surface area (Å²) < 4.78 is 0. The third-order valence-electron chi connectivity index (χ3n) is 2.65. The zero-order valence-electron chi connectivity index (χ0n) is 8.18. The molecule has 1 N–H and O–H groups in total. The Kier molecular flexibility index (Phi) is 4.57. The molecule has 1 rings (SSSR count). The highest BCUT2D eigenvalue weighted by molar-refractivity contribution is 6.30. The number of carbonyl (C=O) groups excluding carboxylic acids is 1. The lowest BCUT2D eigenvalue weighted by molar-refractivity contribution is -0.120. The van der Waals surface area contributed by atoms with Gasteiger partial charge in [0.1, 0.15) is 5.38 Å². The fourth-order valence-electron chi connectivity index (χ4n) is 1.78. The van der Waals surface area contributed by atoms with Gasteiger partial charge < -0.3 is 5.32 Å². The molecular weight excluding hydrogens is 186 g/mol. The summed E-state index contributed by atoms with van der Waals surface area (Å²) in [5.41, 5.74) is 0. The first-order valence-electron chi connectivity index (χ1n) is 5.12. The summed E-state index contributed by atoms with van der Waals surface area (Å²) in [4.78, 5) is 11.1. The smallest absolute Gasteiger partial charge is 0.237 e. The van der Waals surface area contributed by atoms with E-state index in [9.17, 15) is 4.79 Å². The summed E-state index contributed by atoms with van der Waals surface area (Å²) in [7, 11) is 0.